The number of methoxy groups -OCH3 is 1. The van der Waals surface area contributed by atoms with Crippen molar-refractivity contribution >= 4 is 17.5 Å². The van der Waals surface area contributed by atoms with Gasteiger partial charge < -0.3 is 19.3 Å². The molecule has 0 radical (unpaired) electrons. The molecule has 5 aromatic carbocycles. The normalized spacial score (nSPS) is 14.3. The van der Waals surface area contributed by atoms with E-state index in [1.165, 1.54) is 5.56 Å². The molecule has 0 bridgehead atoms. The number of aryl methyl sites for hydroxylation is 1. The van der Waals surface area contributed by atoms with Crippen molar-refractivity contribution in [3.63, 3.8) is 0 Å². The first kappa shape index (κ1) is 29.4. The van der Waals surface area contributed by atoms with E-state index < -0.39 is 0 Å². The van der Waals surface area contributed by atoms with Gasteiger partial charge in [-0.15, -0.1) is 0 Å². The highest BCUT2D eigenvalue weighted by atomic mass is 16.5. The van der Waals surface area contributed by atoms with Crippen molar-refractivity contribution in [3.8, 4) is 22.6 Å². The Morgan fingerprint density at radius 2 is 1.48 bits per heavy atom. The van der Waals surface area contributed by atoms with Crippen LogP contribution in [0.3, 0.4) is 0 Å². The highest BCUT2D eigenvalue weighted by Crippen LogP contribution is 2.43. The maximum atomic E-state index is 14.1. The zero-order valence-corrected chi connectivity index (χ0v) is 26.1. The van der Waals surface area contributed by atoms with E-state index in [0.29, 0.717) is 25.2 Å². The number of amides is 2. The molecule has 7 rings (SSSR count). The van der Waals surface area contributed by atoms with E-state index in [9.17, 15) is 9.59 Å². The van der Waals surface area contributed by atoms with E-state index in [1.54, 1.807) is 7.11 Å². The summed E-state index contributed by atoms with van der Waals surface area (Å²) in [6.07, 6.45) is 1.73. The molecule has 46 heavy (non-hydrogen) atoms. The Hall–Kier alpha value is -5.36. The summed E-state index contributed by atoms with van der Waals surface area (Å²) in [5.74, 6) is 1.47. The number of rotatable bonds is 10. The van der Waals surface area contributed by atoms with Crippen LogP contribution < -0.4 is 14.4 Å². The number of hydrogen-bond donors (Lipinski definition) is 0. The predicted octanol–water partition coefficient (Wildman–Crippen LogP) is 8.08. The molecule has 0 saturated carbocycles. The fourth-order valence-electron chi connectivity index (χ4n) is 6.48. The van der Waals surface area contributed by atoms with Gasteiger partial charge in [0, 0.05) is 29.8 Å². The molecule has 0 aromatic heterocycles. The number of hydrogen-bond acceptors (Lipinski definition) is 4. The molecule has 5 aromatic rings. The minimum absolute atomic E-state index is 0.0306. The van der Waals surface area contributed by atoms with Crippen LogP contribution in [0.1, 0.15) is 56.3 Å². The van der Waals surface area contributed by atoms with Gasteiger partial charge in [-0.25, -0.2) is 0 Å². The third-order valence-electron chi connectivity index (χ3n) is 8.93. The number of fused-ring (bicyclic) bond motifs is 2. The van der Waals surface area contributed by atoms with Crippen LogP contribution in [0.25, 0.3) is 11.1 Å². The molecule has 2 amide bonds. The first-order valence-corrected chi connectivity index (χ1v) is 15.8. The number of carbonyl (C=O) groups is 2. The van der Waals surface area contributed by atoms with Crippen molar-refractivity contribution in [3.05, 3.63) is 149 Å². The molecule has 2 aliphatic rings. The van der Waals surface area contributed by atoms with Crippen LogP contribution in [0.4, 0.5) is 5.69 Å². The fraction of sp³-hybridized carbons (Fsp3) is 0.200. The fourth-order valence-corrected chi connectivity index (χ4v) is 6.48. The molecule has 0 spiro atoms. The molecular weight excluding hydrogens is 572 g/mol. The third kappa shape index (κ3) is 5.74. The predicted molar refractivity (Wildman–Crippen MR) is 180 cm³/mol. The Morgan fingerprint density at radius 1 is 0.717 bits per heavy atom. The Morgan fingerprint density at radius 3 is 2.26 bits per heavy atom. The average Bonchev–Trinajstić information content (AvgIpc) is 3.59. The standard InChI is InChI=1S/C40H36N2O4/c1-27(15-16-28-9-4-3-5-10-28)46-37-14-8-13-36(38(37)30-19-21-33(45-2)22-20-30)42-26-32-18-17-29(23-35(32)40(42)44)24-41-25-31-11-6-7-12-34(31)39(41)43/h3-14,17-23,27H,15-16,24-26H2,1-2H3. The van der Waals surface area contributed by atoms with Gasteiger partial charge in [0.05, 0.1) is 25.4 Å². The van der Waals surface area contributed by atoms with Crippen LogP contribution in [-0.2, 0) is 26.1 Å². The van der Waals surface area contributed by atoms with E-state index in [-0.39, 0.29) is 17.9 Å². The maximum Gasteiger partial charge on any atom is 0.258 e. The topological polar surface area (TPSA) is 59.1 Å². The number of nitrogens with zero attached hydrogens (tertiary/aromatic N) is 2. The lowest BCUT2D eigenvalue weighted by molar-refractivity contribution is 0.0766. The zero-order chi connectivity index (χ0) is 31.6. The lowest BCUT2D eigenvalue weighted by Gasteiger charge is -2.24. The van der Waals surface area contributed by atoms with Gasteiger partial charge in [-0.2, -0.15) is 0 Å². The van der Waals surface area contributed by atoms with E-state index in [4.69, 9.17) is 9.47 Å². The molecule has 0 aliphatic carbocycles. The molecule has 2 aliphatic heterocycles. The molecule has 0 saturated heterocycles. The first-order chi connectivity index (χ1) is 22.5. The van der Waals surface area contributed by atoms with E-state index in [1.807, 2.05) is 101 Å². The number of carbonyl (C=O) groups excluding carboxylic acids is 2. The number of benzene rings is 5. The molecule has 0 N–H and O–H groups in total. The SMILES string of the molecule is COc1ccc(-c2c(OC(C)CCc3ccccc3)cccc2N2Cc3ccc(CN4Cc5ccccc5C4=O)cc3C2=O)cc1. The molecule has 6 nitrogen and oxygen atoms in total. The lowest BCUT2D eigenvalue weighted by atomic mass is 10.0. The number of ether oxygens (including phenoxy) is 2. The highest BCUT2D eigenvalue weighted by molar-refractivity contribution is 6.12. The minimum Gasteiger partial charge on any atom is -0.497 e. The Bertz CT molecular complexity index is 1900. The second-order valence-corrected chi connectivity index (χ2v) is 12.0. The van der Waals surface area contributed by atoms with Crippen molar-refractivity contribution < 1.29 is 19.1 Å². The summed E-state index contributed by atoms with van der Waals surface area (Å²) in [5, 5.41) is 0. The molecular formula is C40H36N2O4. The van der Waals surface area contributed by atoms with Gasteiger partial charge >= 0.3 is 0 Å². The monoisotopic (exact) mass is 608 g/mol. The third-order valence-corrected chi connectivity index (χ3v) is 8.93. The van der Waals surface area contributed by atoms with Gasteiger partial charge in [0.2, 0.25) is 0 Å². The summed E-state index contributed by atoms with van der Waals surface area (Å²) in [4.78, 5) is 30.8. The highest BCUT2D eigenvalue weighted by Gasteiger charge is 2.33. The summed E-state index contributed by atoms with van der Waals surface area (Å²) < 4.78 is 12.0. The second-order valence-electron chi connectivity index (χ2n) is 12.0. The van der Waals surface area contributed by atoms with Crippen molar-refractivity contribution in [2.45, 2.75) is 45.5 Å². The Labute approximate surface area is 269 Å². The lowest BCUT2D eigenvalue weighted by Crippen LogP contribution is -2.24. The quantitative estimate of drug-likeness (QED) is 0.161. The average molecular weight is 609 g/mol. The molecule has 230 valence electrons. The van der Waals surface area contributed by atoms with Crippen LogP contribution in [0.2, 0.25) is 0 Å². The van der Waals surface area contributed by atoms with E-state index in [0.717, 1.165) is 63.4 Å². The Kier molecular flexibility index (Phi) is 8.02. The van der Waals surface area contributed by atoms with Gasteiger partial charge in [0.1, 0.15) is 11.5 Å². The van der Waals surface area contributed by atoms with Gasteiger partial charge in [-0.3, -0.25) is 9.59 Å². The smallest absolute Gasteiger partial charge is 0.258 e. The van der Waals surface area contributed by atoms with Gasteiger partial charge in [0.25, 0.3) is 11.8 Å². The summed E-state index contributed by atoms with van der Waals surface area (Å²) in [6, 6.07) is 38.0. The maximum absolute atomic E-state index is 14.1. The summed E-state index contributed by atoms with van der Waals surface area (Å²) in [5.41, 5.74) is 8.27. The zero-order valence-electron chi connectivity index (χ0n) is 26.1. The number of anilines is 1. The summed E-state index contributed by atoms with van der Waals surface area (Å²) in [6.45, 7) is 3.58. The molecule has 1 atom stereocenters. The second kappa shape index (κ2) is 12.6. The van der Waals surface area contributed by atoms with Crippen LogP contribution in [0.5, 0.6) is 11.5 Å². The molecule has 2 heterocycles. The van der Waals surface area contributed by atoms with E-state index in [2.05, 4.69) is 31.2 Å². The van der Waals surface area contributed by atoms with Gasteiger partial charge in [-0.1, -0.05) is 78.9 Å². The van der Waals surface area contributed by atoms with Gasteiger partial charge in [-0.05, 0) is 84.0 Å². The molecule has 0 fully saturated rings. The van der Waals surface area contributed by atoms with Crippen molar-refractivity contribution in [2.24, 2.45) is 0 Å². The van der Waals surface area contributed by atoms with Crippen LogP contribution in [-0.4, -0.2) is 29.9 Å². The van der Waals surface area contributed by atoms with E-state index >= 15 is 0 Å². The summed E-state index contributed by atoms with van der Waals surface area (Å²) in [7, 11) is 1.65. The first-order valence-electron chi connectivity index (χ1n) is 15.8. The Balaban J connectivity index is 1.16. The molecule has 1 unspecified atom stereocenters. The summed E-state index contributed by atoms with van der Waals surface area (Å²) >= 11 is 0. The van der Waals surface area contributed by atoms with Crippen molar-refractivity contribution in [1.29, 1.82) is 0 Å². The van der Waals surface area contributed by atoms with Crippen molar-refractivity contribution in [2.75, 3.05) is 12.0 Å². The van der Waals surface area contributed by atoms with Crippen LogP contribution >= 0.6 is 0 Å². The van der Waals surface area contributed by atoms with Crippen LogP contribution in [0.15, 0.2) is 115 Å². The molecule has 6 heteroatoms. The minimum atomic E-state index is -0.0584. The van der Waals surface area contributed by atoms with Gasteiger partial charge in [0.15, 0.2) is 0 Å². The van der Waals surface area contributed by atoms with Crippen molar-refractivity contribution in [1.82, 2.24) is 4.90 Å². The largest absolute Gasteiger partial charge is 0.497 e. The van der Waals surface area contributed by atoms with Crippen LogP contribution in [0, 0.1) is 0 Å².